The second-order valence-electron chi connectivity index (χ2n) is 9.87. The number of aromatic amines is 1. The van der Waals surface area contributed by atoms with Crippen molar-refractivity contribution in [2.45, 2.75) is 39.2 Å². The van der Waals surface area contributed by atoms with E-state index in [1.165, 1.54) is 0 Å². The number of H-pyrrole nitrogens is 1. The molecule has 1 aromatic heterocycles. The van der Waals surface area contributed by atoms with Crippen molar-refractivity contribution in [1.29, 1.82) is 0 Å². The molecule has 1 aliphatic heterocycles. The number of aromatic nitrogens is 1. The number of ketones is 1. The summed E-state index contributed by atoms with van der Waals surface area (Å²) in [5.74, 6) is 0.125. The molecule has 0 amide bonds. The lowest BCUT2D eigenvalue weighted by Gasteiger charge is -2.39. The number of nitrogens with zero attached hydrogens (tertiary/aromatic N) is 3. The highest BCUT2D eigenvalue weighted by Gasteiger charge is 2.40. The van der Waals surface area contributed by atoms with Crippen LogP contribution in [0.1, 0.15) is 60.4 Å². The Morgan fingerprint density at radius 2 is 1.81 bits per heavy atom. The van der Waals surface area contributed by atoms with Crippen LogP contribution in [0.15, 0.2) is 41.4 Å². The van der Waals surface area contributed by atoms with Crippen LogP contribution < -0.4 is 4.90 Å². The molecule has 166 valence electrons. The molecule has 5 nitrogen and oxygen atoms in total. The van der Waals surface area contributed by atoms with E-state index in [0.29, 0.717) is 6.04 Å². The monoisotopic (exact) mass is 428 g/mol. The first kappa shape index (κ1) is 21.0. The molecule has 2 aromatic carbocycles. The normalized spacial score (nSPS) is 18.6. The van der Waals surface area contributed by atoms with E-state index in [0.717, 1.165) is 70.7 Å². The molecule has 2 heterocycles. The highest BCUT2D eigenvalue weighted by molar-refractivity contribution is 6.20. The van der Waals surface area contributed by atoms with Crippen LogP contribution in [0.3, 0.4) is 0 Å². The van der Waals surface area contributed by atoms with E-state index < -0.39 is 0 Å². The molecule has 5 heteroatoms. The summed E-state index contributed by atoms with van der Waals surface area (Å²) in [6, 6.07) is 13.2. The molecule has 0 bridgehead atoms. The maximum atomic E-state index is 13.8. The van der Waals surface area contributed by atoms with Gasteiger partial charge in [-0.3, -0.25) is 14.7 Å². The van der Waals surface area contributed by atoms with Crippen LogP contribution in [0.5, 0.6) is 0 Å². The van der Waals surface area contributed by atoms with Crippen LogP contribution in [0.4, 0.5) is 5.69 Å². The number of rotatable bonds is 3. The molecule has 0 spiro atoms. The van der Waals surface area contributed by atoms with Gasteiger partial charge in [-0.05, 0) is 43.2 Å². The molecule has 0 radical (unpaired) electrons. The number of carbonyl (C=O) groups is 1. The predicted molar refractivity (Wildman–Crippen MR) is 133 cm³/mol. The molecule has 1 N–H and O–H groups in total. The van der Waals surface area contributed by atoms with E-state index in [1.807, 2.05) is 12.3 Å². The predicted octanol–water partition coefficient (Wildman–Crippen LogP) is 4.62. The van der Waals surface area contributed by atoms with Crippen molar-refractivity contribution in [3.05, 3.63) is 64.3 Å². The van der Waals surface area contributed by atoms with Gasteiger partial charge in [0, 0.05) is 78.7 Å². The fraction of sp³-hybridized carbons (Fsp3) is 0.407. The standard InChI is InChI=1S/C27H32N4O/c1-17(2)30-10-12-31(13-11-30)19-7-9-22-21(15-19)25(32)24-20-8-6-18(16-28-5)14-23(20)29-26(24)27(22,3)4/h6-9,14-17,29H,10-13H2,1-5H3. The van der Waals surface area contributed by atoms with Crippen molar-refractivity contribution in [1.82, 2.24) is 9.88 Å². The van der Waals surface area contributed by atoms with E-state index in [1.54, 1.807) is 7.05 Å². The number of anilines is 1. The third-order valence-corrected chi connectivity index (χ3v) is 7.28. The van der Waals surface area contributed by atoms with Gasteiger partial charge in [-0.25, -0.2) is 0 Å². The lowest BCUT2D eigenvalue weighted by Crippen LogP contribution is -2.49. The number of piperazine rings is 1. The van der Waals surface area contributed by atoms with Crippen molar-refractivity contribution in [3.8, 4) is 0 Å². The molecule has 1 saturated heterocycles. The van der Waals surface area contributed by atoms with E-state index in [-0.39, 0.29) is 11.2 Å². The summed E-state index contributed by atoms with van der Waals surface area (Å²) < 4.78 is 0. The van der Waals surface area contributed by atoms with E-state index in [9.17, 15) is 4.79 Å². The smallest absolute Gasteiger partial charge is 0.195 e. The van der Waals surface area contributed by atoms with E-state index >= 15 is 0 Å². The van der Waals surface area contributed by atoms with Crippen LogP contribution in [0.25, 0.3) is 10.9 Å². The third kappa shape index (κ3) is 3.18. The van der Waals surface area contributed by atoms with Gasteiger partial charge < -0.3 is 9.88 Å². The number of aliphatic imine (C=N–C) groups is 1. The zero-order valence-electron chi connectivity index (χ0n) is 19.7. The van der Waals surface area contributed by atoms with Crippen LogP contribution in [-0.4, -0.2) is 61.2 Å². The summed E-state index contributed by atoms with van der Waals surface area (Å²) in [5, 5.41) is 0.993. The SMILES string of the molecule is CN=Cc1ccc2c3c([nH]c2c1)C(C)(C)c1ccc(N2CCN(C(C)C)CC2)cc1C3=O. The number of hydrogen-bond acceptors (Lipinski definition) is 4. The zero-order valence-corrected chi connectivity index (χ0v) is 19.7. The lowest BCUT2D eigenvalue weighted by molar-refractivity contribution is 0.103. The molecule has 2 aliphatic rings. The second-order valence-corrected chi connectivity index (χ2v) is 9.87. The first-order valence-corrected chi connectivity index (χ1v) is 11.6. The highest BCUT2D eigenvalue weighted by Crippen LogP contribution is 2.44. The number of carbonyl (C=O) groups excluding carboxylic acids is 1. The fourth-order valence-corrected chi connectivity index (χ4v) is 5.38. The van der Waals surface area contributed by atoms with Gasteiger partial charge in [0.15, 0.2) is 5.78 Å². The Morgan fingerprint density at radius 3 is 2.50 bits per heavy atom. The first-order valence-electron chi connectivity index (χ1n) is 11.6. The summed E-state index contributed by atoms with van der Waals surface area (Å²) >= 11 is 0. The summed E-state index contributed by atoms with van der Waals surface area (Å²) in [5.41, 5.74) is 6.67. The van der Waals surface area contributed by atoms with Crippen molar-refractivity contribution in [2.24, 2.45) is 4.99 Å². The Labute approximate surface area is 190 Å². The summed E-state index contributed by atoms with van der Waals surface area (Å²) in [7, 11) is 1.77. The molecule has 1 fully saturated rings. The Bertz CT molecular complexity index is 1230. The van der Waals surface area contributed by atoms with Gasteiger partial charge in [-0.15, -0.1) is 0 Å². The van der Waals surface area contributed by atoms with Crippen molar-refractivity contribution in [2.75, 3.05) is 38.1 Å². The Morgan fingerprint density at radius 1 is 1.06 bits per heavy atom. The number of fused-ring (bicyclic) bond motifs is 4. The maximum Gasteiger partial charge on any atom is 0.195 e. The second kappa shape index (κ2) is 7.59. The quantitative estimate of drug-likeness (QED) is 0.620. The van der Waals surface area contributed by atoms with Gasteiger partial charge in [-0.2, -0.15) is 0 Å². The molecule has 5 rings (SSSR count). The summed E-state index contributed by atoms with van der Waals surface area (Å²) in [4.78, 5) is 26.4. The maximum absolute atomic E-state index is 13.8. The van der Waals surface area contributed by atoms with Crippen LogP contribution in [-0.2, 0) is 5.41 Å². The minimum atomic E-state index is -0.272. The molecule has 0 saturated carbocycles. The minimum Gasteiger partial charge on any atom is -0.369 e. The third-order valence-electron chi connectivity index (χ3n) is 7.28. The molecular weight excluding hydrogens is 396 g/mol. The van der Waals surface area contributed by atoms with Gasteiger partial charge in [0.25, 0.3) is 0 Å². The minimum absolute atomic E-state index is 0.125. The van der Waals surface area contributed by atoms with Crippen molar-refractivity contribution < 1.29 is 4.79 Å². The average Bonchev–Trinajstić information content (AvgIpc) is 3.18. The van der Waals surface area contributed by atoms with Crippen LogP contribution in [0.2, 0.25) is 0 Å². The Balaban J connectivity index is 1.56. The van der Waals surface area contributed by atoms with Crippen LogP contribution in [0, 0.1) is 0 Å². The number of nitrogens with one attached hydrogen (secondary N) is 1. The van der Waals surface area contributed by atoms with Gasteiger partial charge in [0.05, 0.1) is 5.56 Å². The lowest BCUT2D eigenvalue weighted by atomic mass is 9.71. The highest BCUT2D eigenvalue weighted by atomic mass is 16.1. The Hall–Kier alpha value is -2.92. The van der Waals surface area contributed by atoms with E-state index in [4.69, 9.17) is 0 Å². The fourth-order valence-electron chi connectivity index (χ4n) is 5.38. The molecule has 0 atom stereocenters. The van der Waals surface area contributed by atoms with Gasteiger partial charge >= 0.3 is 0 Å². The molecular formula is C27H32N4O. The van der Waals surface area contributed by atoms with Gasteiger partial charge in [0.1, 0.15) is 0 Å². The zero-order chi connectivity index (χ0) is 22.6. The molecule has 3 aromatic rings. The molecule has 32 heavy (non-hydrogen) atoms. The number of benzene rings is 2. The Kier molecular flexibility index (Phi) is 4.97. The molecule has 0 unspecified atom stereocenters. The largest absolute Gasteiger partial charge is 0.369 e. The first-order chi connectivity index (χ1) is 15.3. The van der Waals surface area contributed by atoms with E-state index in [2.05, 4.69) is 77.8 Å². The van der Waals surface area contributed by atoms with Crippen molar-refractivity contribution in [3.63, 3.8) is 0 Å². The average molecular weight is 429 g/mol. The van der Waals surface area contributed by atoms with Gasteiger partial charge in [-0.1, -0.05) is 32.0 Å². The number of hydrogen-bond donors (Lipinski definition) is 1. The van der Waals surface area contributed by atoms with Crippen molar-refractivity contribution >= 4 is 28.6 Å². The topological polar surface area (TPSA) is 51.7 Å². The summed E-state index contributed by atoms with van der Waals surface area (Å²) in [6.07, 6.45) is 1.84. The summed E-state index contributed by atoms with van der Waals surface area (Å²) in [6.45, 7) is 13.0. The van der Waals surface area contributed by atoms with Crippen LogP contribution >= 0.6 is 0 Å². The molecule has 1 aliphatic carbocycles. The van der Waals surface area contributed by atoms with Gasteiger partial charge in [0.2, 0.25) is 0 Å².